The first-order chi connectivity index (χ1) is 15.6. The molecule has 2 N–H and O–H groups in total. The smallest absolute Gasteiger partial charge is 0.210 e. The molecule has 2 heterocycles. The molecule has 0 saturated carbocycles. The zero-order valence-electron chi connectivity index (χ0n) is 17.3. The van der Waals surface area contributed by atoms with Gasteiger partial charge in [-0.3, -0.25) is 0 Å². The van der Waals surface area contributed by atoms with Crippen molar-refractivity contribution in [3.63, 3.8) is 0 Å². The number of nitrogens with zero attached hydrogens (tertiary/aromatic N) is 4. The number of methoxy groups -OCH3 is 2. The highest BCUT2D eigenvalue weighted by Crippen LogP contribution is 2.32. The minimum absolute atomic E-state index is 0.298. The monoisotopic (exact) mass is 473 g/mol. The average Bonchev–Trinajstić information content (AvgIpc) is 3.43. The number of ether oxygens (including phenoxy) is 3. The second-order valence-electron chi connectivity index (χ2n) is 6.51. The Morgan fingerprint density at radius 3 is 2.59 bits per heavy atom. The second-order valence-corrected chi connectivity index (χ2v) is 8.39. The predicted octanol–water partition coefficient (Wildman–Crippen LogP) is 4.14. The van der Waals surface area contributed by atoms with Crippen molar-refractivity contribution >= 4 is 23.1 Å². The Morgan fingerprint density at radius 2 is 1.84 bits per heavy atom. The van der Waals surface area contributed by atoms with Gasteiger partial charge in [0, 0.05) is 16.7 Å². The van der Waals surface area contributed by atoms with Crippen molar-refractivity contribution in [1.29, 1.82) is 0 Å². The van der Waals surface area contributed by atoms with E-state index in [1.165, 1.54) is 39.9 Å². The van der Waals surface area contributed by atoms with E-state index in [1.807, 2.05) is 11.4 Å². The van der Waals surface area contributed by atoms with E-state index >= 15 is 0 Å². The van der Waals surface area contributed by atoms with Crippen LogP contribution in [-0.2, 0) is 12.4 Å². The van der Waals surface area contributed by atoms with Crippen LogP contribution < -0.4 is 20.1 Å². The van der Waals surface area contributed by atoms with Gasteiger partial charge in [-0.25, -0.2) is 14.1 Å². The molecular weight excluding hydrogens is 453 g/mol. The molecule has 8 nitrogen and oxygen atoms in total. The largest absolute Gasteiger partial charge is 0.493 e. The van der Waals surface area contributed by atoms with E-state index in [0.29, 0.717) is 40.6 Å². The van der Waals surface area contributed by atoms with Gasteiger partial charge in [0.25, 0.3) is 0 Å². The van der Waals surface area contributed by atoms with Crippen molar-refractivity contribution < 1.29 is 18.6 Å². The van der Waals surface area contributed by atoms with Crippen LogP contribution in [0, 0.1) is 5.82 Å². The predicted molar refractivity (Wildman–Crippen MR) is 121 cm³/mol. The summed E-state index contributed by atoms with van der Waals surface area (Å²) < 4.78 is 30.7. The summed E-state index contributed by atoms with van der Waals surface area (Å²) in [4.78, 5) is 4.56. The fourth-order valence-corrected chi connectivity index (χ4v) is 4.40. The molecule has 0 bridgehead atoms. The second kappa shape index (κ2) is 9.88. The van der Waals surface area contributed by atoms with Gasteiger partial charge in [-0.15, -0.1) is 21.5 Å². The normalized spacial score (nSPS) is 10.8. The van der Waals surface area contributed by atoms with E-state index in [4.69, 9.17) is 20.1 Å². The van der Waals surface area contributed by atoms with E-state index in [2.05, 4.69) is 15.2 Å². The van der Waals surface area contributed by atoms with Crippen LogP contribution in [0.1, 0.15) is 10.7 Å². The fourth-order valence-electron chi connectivity index (χ4n) is 2.84. The summed E-state index contributed by atoms with van der Waals surface area (Å²) in [5.41, 5.74) is 1.65. The number of benzene rings is 2. The van der Waals surface area contributed by atoms with Crippen LogP contribution in [0.2, 0.25) is 0 Å². The highest BCUT2D eigenvalue weighted by atomic mass is 32.2. The van der Waals surface area contributed by atoms with Gasteiger partial charge in [0.05, 0.1) is 19.9 Å². The lowest BCUT2D eigenvalue weighted by atomic mass is 10.2. The lowest BCUT2D eigenvalue weighted by molar-refractivity contribution is 0.305. The summed E-state index contributed by atoms with van der Waals surface area (Å²) in [6.07, 6.45) is 0. The first-order valence-electron chi connectivity index (χ1n) is 9.44. The SMILES string of the molecule is COc1ccc(-c2nnc(SCc3csc(COc4ccc(F)cc4)n3)n2N)cc1OC. The molecule has 2 aromatic heterocycles. The van der Waals surface area contributed by atoms with Crippen LogP contribution in [0.4, 0.5) is 4.39 Å². The van der Waals surface area contributed by atoms with Crippen LogP contribution in [0.15, 0.2) is 53.0 Å². The van der Waals surface area contributed by atoms with Gasteiger partial charge in [-0.05, 0) is 42.5 Å². The third kappa shape index (κ3) is 4.94. The third-order valence-electron chi connectivity index (χ3n) is 4.43. The Hall–Kier alpha value is -3.31. The van der Waals surface area contributed by atoms with E-state index < -0.39 is 0 Å². The maximum absolute atomic E-state index is 13.0. The number of aromatic nitrogens is 4. The topological polar surface area (TPSA) is 97.3 Å². The van der Waals surface area contributed by atoms with E-state index in [9.17, 15) is 4.39 Å². The molecule has 0 aliphatic carbocycles. The number of hydrogen-bond donors (Lipinski definition) is 1. The van der Waals surface area contributed by atoms with Gasteiger partial charge in [0.15, 0.2) is 17.3 Å². The molecular formula is C21H20FN5O3S2. The van der Waals surface area contributed by atoms with Gasteiger partial charge < -0.3 is 20.1 Å². The van der Waals surface area contributed by atoms with Crippen molar-refractivity contribution in [3.05, 3.63) is 64.4 Å². The summed E-state index contributed by atoms with van der Waals surface area (Å²) in [6.45, 7) is 0.317. The van der Waals surface area contributed by atoms with Crippen LogP contribution in [-0.4, -0.2) is 34.1 Å². The van der Waals surface area contributed by atoms with Crippen molar-refractivity contribution in [2.24, 2.45) is 0 Å². The maximum atomic E-state index is 13.0. The Balaban J connectivity index is 1.38. The van der Waals surface area contributed by atoms with Crippen LogP contribution in [0.25, 0.3) is 11.4 Å². The first kappa shape index (κ1) is 21.9. The molecule has 11 heteroatoms. The Morgan fingerprint density at radius 1 is 1.06 bits per heavy atom. The number of thioether (sulfide) groups is 1. The molecule has 0 amide bonds. The lowest BCUT2D eigenvalue weighted by Crippen LogP contribution is -2.11. The molecule has 0 saturated heterocycles. The summed E-state index contributed by atoms with van der Waals surface area (Å²) in [6, 6.07) is 11.3. The van der Waals surface area contributed by atoms with Crippen molar-refractivity contribution in [3.8, 4) is 28.6 Å². The lowest BCUT2D eigenvalue weighted by Gasteiger charge is -2.09. The average molecular weight is 474 g/mol. The number of thiazole rings is 1. The van der Waals surface area contributed by atoms with Gasteiger partial charge in [-0.1, -0.05) is 11.8 Å². The highest BCUT2D eigenvalue weighted by molar-refractivity contribution is 7.98. The zero-order chi connectivity index (χ0) is 22.5. The summed E-state index contributed by atoms with van der Waals surface area (Å²) in [7, 11) is 3.15. The molecule has 0 unspecified atom stereocenters. The Bertz CT molecular complexity index is 1200. The molecule has 4 rings (SSSR count). The number of nitrogens with two attached hydrogens (primary N) is 1. The van der Waals surface area contributed by atoms with Crippen LogP contribution >= 0.6 is 23.1 Å². The zero-order valence-corrected chi connectivity index (χ0v) is 19.0. The molecule has 4 aromatic rings. The third-order valence-corrected chi connectivity index (χ3v) is 6.28. The first-order valence-corrected chi connectivity index (χ1v) is 11.3. The standard InChI is InChI=1S/C21H20FN5O3S2/c1-28-17-8-3-13(9-18(17)29-2)20-25-26-21(27(20)23)32-12-15-11-31-19(24-15)10-30-16-6-4-14(22)5-7-16/h3-9,11H,10,12,23H2,1-2H3. The van der Waals surface area contributed by atoms with Crippen LogP contribution in [0.5, 0.6) is 17.2 Å². The molecule has 0 aliphatic heterocycles. The molecule has 0 fully saturated rings. The minimum atomic E-state index is -0.298. The van der Waals surface area contributed by atoms with E-state index in [0.717, 1.165) is 16.3 Å². The van der Waals surface area contributed by atoms with Gasteiger partial charge in [0.2, 0.25) is 5.16 Å². The number of halogens is 1. The maximum Gasteiger partial charge on any atom is 0.210 e. The minimum Gasteiger partial charge on any atom is -0.493 e. The number of hydrogen-bond acceptors (Lipinski definition) is 9. The van der Waals surface area contributed by atoms with Crippen LogP contribution in [0.3, 0.4) is 0 Å². The summed E-state index contributed by atoms with van der Waals surface area (Å²) in [5.74, 6) is 8.82. The van der Waals surface area contributed by atoms with Gasteiger partial charge in [0.1, 0.15) is 23.2 Å². The fraction of sp³-hybridized carbons (Fsp3) is 0.190. The molecule has 0 spiro atoms. The van der Waals surface area contributed by atoms with Crippen molar-refractivity contribution in [2.75, 3.05) is 20.1 Å². The summed E-state index contributed by atoms with van der Waals surface area (Å²) >= 11 is 2.93. The molecule has 0 aliphatic rings. The van der Waals surface area contributed by atoms with Crippen molar-refractivity contribution in [2.45, 2.75) is 17.5 Å². The Labute approximate surface area is 192 Å². The van der Waals surface area contributed by atoms with Gasteiger partial charge in [-0.2, -0.15) is 0 Å². The molecule has 0 atom stereocenters. The summed E-state index contributed by atoms with van der Waals surface area (Å²) in [5, 5.41) is 11.8. The Kier molecular flexibility index (Phi) is 6.76. The molecule has 0 radical (unpaired) electrons. The quantitative estimate of drug-likeness (QED) is 0.286. The number of rotatable bonds is 9. The molecule has 166 valence electrons. The highest BCUT2D eigenvalue weighted by Gasteiger charge is 2.15. The van der Waals surface area contributed by atoms with E-state index in [1.54, 1.807) is 38.5 Å². The van der Waals surface area contributed by atoms with Crippen molar-refractivity contribution in [1.82, 2.24) is 19.9 Å². The number of nitrogen functional groups attached to an aromatic ring is 1. The van der Waals surface area contributed by atoms with Gasteiger partial charge >= 0.3 is 0 Å². The molecule has 2 aromatic carbocycles. The molecule has 32 heavy (non-hydrogen) atoms. The van der Waals surface area contributed by atoms with E-state index in [-0.39, 0.29) is 5.82 Å².